The number of carbonyl (C=O) groups is 1. The summed E-state index contributed by atoms with van der Waals surface area (Å²) in [5, 5.41) is 0. The lowest BCUT2D eigenvalue weighted by Crippen LogP contribution is -2.02. The van der Waals surface area contributed by atoms with Gasteiger partial charge in [0.15, 0.2) is 0 Å². The van der Waals surface area contributed by atoms with Gasteiger partial charge in [0, 0.05) is 19.3 Å². The van der Waals surface area contributed by atoms with Gasteiger partial charge in [-0.15, -0.1) is 0 Å². The highest BCUT2D eigenvalue weighted by atomic mass is 16.5. The van der Waals surface area contributed by atoms with Crippen LogP contribution in [0.15, 0.2) is 12.7 Å². The molecule has 0 aromatic rings. The van der Waals surface area contributed by atoms with Crippen molar-refractivity contribution in [2.24, 2.45) is 0 Å². The number of carbonyl (C=O) groups excluding carboxylic acids is 1. The lowest BCUT2D eigenvalue weighted by Gasteiger charge is -2.03. The Morgan fingerprint density at radius 2 is 1.93 bits per heavy atom. The molecule has 3 nitrogen and oxygen atoms in total. The summed E-state index contributed by atoms with van der Waals surface area (Å²) < 4.78 is 10.1. The highest BCUT2D eigenvalue weighted by Gasteiger charge is 1.94. The molecule has 0 aliphatic carbocycles. The third-order valence-corrected chi connectivity index (χ3v) is 1.69. The van der Waals surface area contributed by atoms with E-state index in [4.69, 9.17) is 9.47 Å². The van der Waals surface area contributed by atoms with Crippen molar-refractivity contribution in [1.82, 2.24) is 0 Å². The first-order valence-electron chi connectivity index (χ1n) is 5.18. The lowest BCUT2D eigenvalue weighted by atomic mass is 10.2. The van der Waals surface area contributed by atoms with E-state index in [1.165, 1.54) is 6.08 Å². The van der Waals surface area contributed by atoms with Gasteiger partial charge in [-0.1, -0.05) is 13.5 Å². The second kappa shape index (κ2) is 10.3. The van der Waals surface area contributed by atoms with Crippen molar-refractivity contribution in [2.45, 2.75) is 32.6 Å². The lowest BCUT2D eigenvalue weighted by molar-refractivity contribution is -0.137. The van der Waals surface area contributed by atoms with E-state index < -0.39 is 0 Å². The quantitative estimate of drug-likeness (QED) is 0.325. The third-order valence-electron chi connectivity index (χ3n) is 1.69. The van der Waals surface area contributed by atoms with Crippen molar-refractivity contribution in [3.05, 3.63) is 12.7 Å². The zero-order valence-corrected chi connectivity index (χ0v) is 8.96. The molecule has 0 aliphatic heterocycles. The molecule has 0 rings (SSSR count). The predicted molar refractivity (Wildman–Crippen MR) is 56.1 cm³/mol. The van der Waals surface area contributed by atoms with Crippen molar-refractivity contribution in [3.63, 3.8) is 0 Å². The van der Waals surface area contributed by atoms with Crippen LogP contribution in [-0.2, 0) is 14.3 Å². The van der Waals surface area contributed by atoms with E-state index in [-0.39, 0.29) is 5.97 Å². The maximum atomic E-state index is 10.6. The van der Waals surface area contributed by atoms with Crippen LogP contribution in [0, 0.1) is 0 Å². The fourth-order valence-electron chi connectivity index (χ4n) is 0.961. The zero-order chi connectivity index (χ0) is 10.6. The molecule has 0 heterocycles. The molecular weight excluding hydrogens is 180 g/mol. The molecule has 82 valence electrons. The van der Waals surface area contributed by atoms with Gasteiger partial charge in [0.25, 0.3) is 0 Å². The molecule has 0 amide bonds. The molecule has 0 aromatic heterocycles. The van der Waals surface area contributed by atoms with E-state index in [0.717, 1.165) is 38.9 Å². The average Bonchev–Trinajstić information content (AvgIpc) is 2.21. The minimum absolute atomic E-state index is 0.341. The van der Waals surface area contributed by atoms with Gasteiger partial charge in [0.2, 0.25) is 0 Å². The van der Waals surface area contributed by atoms with Gasteiger partial charge in [-0.3, -0.25) is 0 Å². The monoisotopic (exact) mass is 200 g/mol. The molecule has 0 unspecified atom stereocenters. The Balaban J connectivity index is 2.99. The van der Waals surface area contributed by atoms with Crippen LogP contribution in [-0.4, -0.2) is 25.8 Å². The van der Waals surface area contributed by atoms with Gasteiger partial charge in [-0.25, -0.2) is 4.79 Å². The molecule has 0 N–H and O–H groups in total. The number of unbranched alkanes of at least 4 members (excludes halogenated alkanes) is 2. The van der Waals surface area contributed by atoms with Crippen LogP contribution in [0.3, 0.4) is 0 Å². The van der Waals surface area contributed by atoms with E-state index in [0.29, 0.717) is 6.61 Å². The summed E-state index contributed by atoms with van der Waals surface area (Å²) in [6, 6.07) is 0. The second-order valence-corrected chi connectivity index (χ2v) is 3.04. The van der Waals surface area contributed by atoms with Crippen molar-refractivity contribution in [1.29, 1.82) is 0 Å². The Morgan fingerprint density at radius 1 is 1.21 bits per heavy atom. The van der Waals surface area contributed by atoms with Crippen molar-refractivity contribution < 1.29 is 14.3 Å². The largest absolute Gasteiger partial charge is 0.463 e. The second-order valence-electron chi connectivity index (χ2n) is 3.04. The smallest absolute Gasteiger partial charge is 0.330 e. The first-order valence-corrected chi connectivity index (χ1v) is 5.18. The summed E-state index contributed by atoms with van der Waals surface area (Å²) in [6.07, 6.45) is 5.22. The van der Waals surface area contributed by atoms with Gasteiger partial charge >= 0.3 is 5.97 Å². The van der Waals surface area contributed by atoms with Crippen LogP contribution < -0.4 is 0 Å². The molecule has 0 fully saturated rings. The van der Waals surface area contributed by atoms with Crippen molar-refractivity contribution >= 4 is 5.97 Å². The van der Waals surface area contributed by atoms with Crippen molar-refractivity contribution in [2.75, 3.05) is 19.8 Å². The van der Waals surface area contributed by atoms with E-state index in [9.17, 15) is 4.79 Å². The predicted octanol–water partition coefficient (Wildman–Crippen LogP) is 2.31. The van der Waals surface area contributed by atoms with Crippen LogP contribution in [0.25, 0.3) is 0 Å². The van der Waals surface area contributed by atoms with Gasteiger partial charge < -0.3 is 9.47 Å². The number of ether oxygens (including phenoxy) is 2. The number of hydrogen-bond acceptors (Lipinski definition) is 3. The first-order chi connectivity index (χ1) is 6.81. The topological polar surface area (TPSA) is 35.5 Å². The molecule has 0 spiro atoms. The van der Waals surface area contributed by atoms with E-state index >= 15 is 0 Å². The van der Waals surface area contributed by atoms with Crippen LogP contribution in [0.4, 0.5) is 0 Å². The molecule has 0 saturated carbocycles. The zero-order valence-electron chi connectivity index (χ0n) is 8.96. The highest BCUT2D eigenvalue weighted by molar-refractivity contribution is 5.81. The number of hydrogen-bond donors (Lipinski definition) is 0. The van der Waals surface area contributed by atoms with Crippen LogP contribution in [0.2, 0.25) is 0 Å². The average molecular weight is 200 g/mol. The van der Waals surface area contributed by atoms with E-state index in [2.05, 4.69) is 13.5 Å². The number of esters is 1. The SMILES string of the molecule is C=CC(=O)OCCCCCOCCC. The van der Waals surface area contributed by atoms with Gasteiger partial charge in [-0.05, 0) is 25.7 Å². The molecule has 3 heteroatoms. The van der Waals surface area contributed by atoms with Gasteiger partial charge in [0.1, 0.15) is 0 Å². The Morgan fingerprint density at radius 3 is 2.57 bits per heavy atom. The Hall–Kier alpha value is -0.830. The molecule has 0 atom stereocenters. The Kier molecular flexibility index (Phi) is 9.64. The van der Waals surface area contributed by atoms with Gasteiger partial charge in [0.05, 0.1) is 6.61 Å². The summed E-state index contributed by atoms with van der Waals surface area (Å²) >= 11 is 0. The summed E-state index contributed by atoms with van der Waals surface area (Å²) in [5.74, 6) is -0.341. The molecule has 0 radical (unpaired) electrons. The summed E-state index contributed by atoms with van der Waals surface area (Å²) in [6.45, 7) is 7.54. The maximum absolute atomic E-state index is 10.6. The van der Waals surface area contributed by atoms with Crippen LogP contribution in [0.1, 0.15) is 32.6 Å². The fraction of sp³-hybridized carbons (Fsp3) is 0.727. The number of rotatable bonds is 9. The summed E-state index contributed by atoms with van der Waals surface area (Å²) in [4.78, 5) is 10.6. The van der Waals surface area contributed by atoms with Crippen molar-refractivity contribution in [3.8, 4) is 0 Å². The molecule has 0 bridgehead atoms. The molecule has 0 aromatic carbocycles. The van der Waals surface area contributed by atoms with E-state index in [1.807, 2.05) is 0 Å². The Bertz CT molecular complexity index is 155. The van der Waals surface area contributed by atoms with Crippen LogP contribution in [0.5, 0.6) is 0 Å². The first kappa shape index (κ1) is 13.2. The highest BCUT2D eigenvalue weighted by Crippen LogP contribution is 1.97. The molecule has 14 heavy (non-hydrogen) atoms. The Labute approximate surface area is 86.1 Å². The van der Waals surface area contributed by atoms with Gasteiger partial charge in [-0.2, -0.15) is 0 Å². The van der Waals surface area contributed by atoms with Crippen LogP contribution >= 0.6 is 0 Å². The summed E-state index contributed by atoms with van der Waals surface area (Å²) in [7, 11) is 0. The third kappa shape index (κ3) is 9.26. The maximum Gasteiger partial charge on any atom is 0.330 e. The summed E-state index contributed by atoms with van der Waals surface area (Å²) in [5.41, 5.74) is 0. The molecule has 0 aliphatic rings. The minimum Gasteiger partial charge on any atom is -0.463 e. The molecular formula is C11H20O3. The standard InChI is InChI=1S/C11H20O3/c1-3-8-13-9-6-5-7-10-14-11(12)4-2/h4H,2-3,5-10H2,1H3. The van der Waals surface area contributed by atoms with E-state index in [1.54, 1.807) is 0 Å². The normalized spacial score (nSPS) is 9.79. The molecule has 0 saturated heterocycles. The fourth-order valence-corrected chi connectivity index (χ4v) is 0.961. The minimum atomic E-state index is -0.341.